The predicted molar refractivity (Wildman–Crippen MR) is 110 cm³/mol. The van der Waals surface area contributed by atoms with E-state index in [2.05, 4.69) is 20.6 Å². The van der Waals surface area contributed by atoms with E-state index >= 15 is 0 Å². The molecule has 2 aromatic rings. The molecule has 0 bridgehead atoms. The van der Waals surface area contributed by atoms with Crippen molar-refractivity contribution in [3.8, 4) is 5.88 Å². The largest absolute Gasteiger partial charge is 0.468 e. The second-order valence-electron chi connectivity index (χ2n) is 5.85. The molecule has 0 amide bonds. The molecule has 0 aliphatic carbocycles. The number of pyridine rings is 1. The molecule has 0 fully saturated rings. The van der Waals surface area contributed by atoms with Crippen LogP contribution in [0, 0.1) is 0 Å². The molecule has 30 heavy (non-hydrogen) atoms. The highest BCUT2D eigenvalue weighted by Gasteiger charge is 2.30. The van der Waals surface area contributed by atoms with Crippen LogP contribution in [0.1, 0.15) is 16.7 Å². The van der Waals surface area contributed by atoms with Gasteiger partial charge < -0.3 is 15.4 Å². The number of guanidine groups is 1. The van der Waals surface area contributed by atoms with Crippen LogP contribution in [0.15, 0.2) is 47.6 Å². The summed E-state index contributed by atoms with van der Waals surface area (Å²) in [5.74, 6) is 0.144. The minimum absolute atomic E-state index is 0. The molecule has 5 nitrogen and oxygen atoms in total. The molecule has 0 unspecified atom stereocenters. The first-order valence-electron chi connectivity index (χ1n) is 8.32. The van der Waals surface area contributed by atoms with E-state index in [9.17, 15) is 26.3 Å². The second kappa shape index (κ2) is 11.2. The summed E-state index contributed by atoms with van der Waals surface area (Å²) < 4.78 is 79.4. The molecule has 1 aromatic carbocycles. The van der Waals surface area contributed by atoms with Gasteiger partial charge >= 0.3 is 12.4 Å². The van der Waals surface area contributed by atoms with Crippen LogP contribution < -0.4 is 15.4 Å². The summed E-state index contributed by atoms with van der Waals surface area (Å²) in [5.41, 5.74) is 0.234. The number of nitrogens with zero attached hydrogens (tertiary/aromatic N) is 2. The van der Waals surface area contributed by atoms with Crippen molar-refractivity contribution in [2.24, 2.45) is 4.99 Å². The van der Waals surface area contributed by atoms with E-state index in [-0.39, 0.29) is 42.9 Å². The Hall–Kier alpha value is -2.25. The first-order valence-corrected chi connectivity index (χ1v) is 8.32. The molecule has 1 heterocycles. The Balaban J connectivity index is 0.00000450. The highest BCUT2D eigenvalue weighted by Crippen LogP contribution is 2.29. The molecule has 166 valence electrons. The fourth-order valence-corrected chi connectivity index (χ4v) is 2.24. The lowest BCUT2D eigenvalue weighted by molar-refractivity contribution is -0.154. The zero-order valence-corrected chi connectivity index (χ0v) is 18.0. The van der Waals surface area contributed by atoms with Gasteiger partial charge in [-0.3, -0.25) is 4.99 Å². The van der Waals surface area contributed by atoms with E-state index in [0.29, 0.717) is 17.1 Å². The van der Waals surface area contributed by atoms with Crippen molar-refractivity contribution in [3.05, 3.63) is 59.3 Å². The van der Waals surface area contributed by atoms with Crippen LogP contribution >= 0.6 is 24.0 Å². The monoisotopic (exact) mass is 548 g/mol. The number of aromatic nitrogens is 1. The molecule has 2 rings (SSSR count). The van der Waals surface area contributed by atoms with E-state index in [1.807, 2.05) is 0 Å². The highest BCUT2D eigenvalue weighted by molar-refractivity contribution is 14.0. The maximum absolute atomic E-state index is 12.6. The van der Waals surface area contributed by atoms with Crippen molar-refractivity contribution in [2.75, 3.05) is 13.7 Å². The third-order valence-corrected chi connectivity index (χ3v) is 3.63. The van der Waals surface area contributed by atoms with Gasteiger partial charge in [-0.25, -0.2) is 4.98 Å². The van der Waals surface area contributed by atoms with Gasteiger partial charge in [-0.05, 0) is 23.8 Å². The average molecular weight is 548 g/mol. The minimum Gasteiger partial charge on any atom is -0.468 e. The van der Waals surface area contributed by atoms with Crippen LogP contribution in [0.5, 0.6) is 5.88 Å². The SMILES string of the molecule is CN=C(NCc1ccc(C(F)(F)F)cc1)NCc1cccnc1OCC(F)(F)F.I. The van der Waals surface area contributed by atoms with Crippen LogP contribution in [0.25, 0.3) is 0 Å². The van der Waals surface area contributed by atoms with Crippen LogP contribution in [-0.4, -0.2) is 30.8 Å². The summed E-state index contributed by atoms with van der Waals surface area (Å²) >= 11 is 0. The lowest BCUT2D eigenvalue weighted by Gasteiger charge is -2.15. The van der Waals surface area contributed by atoms with Crippen LogP contribution in [0.2, 0.25) is 0 Å². The van der Waals surface area contributed by atoms with E-state index in [4.69, 9.17) is 4.74 Å². The summed E-state index contributed by atoms with van der Waals surface area (Å²) in [6, 6.07) is 7.74. The molecule has 2 N–H and O–H groups in total. The fourth-order valence-electron chi connectivity index (χ4n) is 2.24. The number of ether oxygens (including phenoxy) is 1. The maximum Gasteiger partial charge on any atom is 0.422 e. The van der Waals surface area contributed by atoms with Gasteiger partial charge in [0.05, 0.1) is 5.56 Å². The minimum atomic E-state index is -4.48. The van der Waals surface area contributed by atoms with Crippen molar-refractivity contribution in [1.29, 1.82) is 0 Å². The molecule has 0 aliphatic heterocycles. The Bertz CT molecular complexity index is 825. The highest BCUT2D eigenvalue weighted by atomic mass is 127. The zero-order chi connectivity index (χ0) is 21.5. The van der Waals surface area contributed by atoms with Crippen molar-refractivity contribution >= 4 is 29.9 Å². The van der Waals surface area contributed by atoms with Gasteiger partial charge in [0.1, 0.15) is 0 Å². The second-order valence-corrected chi connectivity index (χ2v) is 5.85. The Morgan fingerprint density at radius 3 is 2.20 bits per heavy atom. The van der Waals surface area contributed by atoms with Crippen molar-refractivity contribution < 1.29 is 31.1 Å². The van der Waals surface area contributed by atoms with Gasteiger partial charge in [0.2, 0.25) is 5.88 Å². The first kappa shape index (κ1) is 25.8. The molecular weight excluding hydrogens is 529 g/mol. The number of hydrogen-bond acceptors (Lipinski definition) is 3. The summed E-state index contributed by atoms with van der Waals surface area (Å²) in [4.78, 5) is 7.76. The quantitative estimate of drug-likeness (QED) is 0.241. The topological polar surface area (TPSA) is 58.5 Å². The van der Waals surface area contributed by atoms with Gasteiger partial charge in [0.25, 0.3) is 0 Å². The molecule has 0 spiro atoms. The van der Waals surface area contributed by atoms with Gasteiger partial charge in [-0.15, -0.1) is 24.0 Å². The lowest BCUT2D eigenvalue weighted by Crippen LogP contribution is -2.36. The predicted octanol–water partition coefficient (Wildman–Crippen LogP) is 4.52. The lowest BCUT2D eigenvalue weighted by atomic mass is 10.1. The number of halogens is 7. The van der Waals surface area contributed by atoms with Crippen LogP contribution in [0.4, 0.5) is 26.3 Å². The molecule has 0 aliphatic rings. The summed E-state index contributed by atoms with van der Waals surface area (Å²) in [7, 11) is 1.48. The molecule has 0 saturated carbocycles. The summed E-state index contributed by atoms with van der Waals surface area (Å²) in [6.45, 7) is -1.19. The average Bonchev–Trinajstić information content (AvgIpc) is 2.66. The fraction of sp³-hybridized carbons (Fsp3) is 0.333. The van der Waals surface area contributed by atoms with Gasteiger partial charge in [-0.2, -0.15) is 26.3 Å². The molecular formula is C18H19F6IN4O. The molecule has 1 aromatic heterocycles. The number of nitrogens with one attached hydrogen (secondary N) is 2. The van der Waals surface area contributed by atoms with Gasteiger partial charge in [0.15, 0.2) is 12.6 Å². The molecule has 12 heteroatoms. The van der Waals surface area contributed by atoms with Crippen molar-refractivity contribution in [1.82, 2.24) is 15.6 Å². The van der Waals surface area contributed by atoms with E-state index < -0.39 is 24.5 Å². The first-order chi connectivity index (χ1) is 13.6. The maximum atomic E-state index is 12.6. The molecule has 0 saturated heterocycles. The molecule has 0 atom stereocenters. The smallest absolute Gasteiger partial charge is 0.422 e. The van der Waals surface area contributed by atoms with Gasteiger partial charge in [0, 0.05) is 31.9 Å². The third kappa shape index (κ3) is 8.63. The summed E-state index contributed by atoms with van der Waals surface area (Å²) in [5, 5.41) is 5.79. The van der Waals surface area contributed by atoms with Gasteiger partial charge in [-0.1, -0.05) is 18.2 Å². The van der Waals surface area contributed by atoms with E-state index in [1.165, 1.54) is 25.4 Å². The number of hydrogen-bond donors (Lipinski definition) is 2. The van der Waals surface area contributed by atoms with Crippen LogP contribution in [-0.2, 0) is 19.3 Å². The zero-order valence-electron chi connectivity index (χ0n) is 15.6. The van der Waals surface area contributed by atoms with Crippen LogP contribution in [0.3, 0.4) is 0 Å². The number of benzene rings is 1. The third-order valence-electron chi connectivity index (χ3n) is 3.63. The van der Waals surface area contributed by atoms with Crippen molar-refractivity contribution in [2.45, 2.75) is 25.4 Å². The van der Waals surface area contributed by atoms with E-state index in [1.54, 1.807) is 12.1 Å². The van der Waals surface area contributed by atoms with E-state index in [0.717, 1.165) is 12.1 Å². The number of alkyl halides is 6. The summed E-state index contributed by atoms with van der Waals surface area (Å²) in [6.07, 6.45) is -7.58. The standard InChI is InChI=1S/C18H18F6N4O.HI/c1-25-16(27-9-12-4-6-14(7-5-12)18(22,23)24)28-10-13-3-2-8-26-15(13)29-11-17(19,20)21;/h2-8H,9-11H2,1H3,(H2,25,27,28);1H. The Morgan fingerprint density at radius 1 is 1.00 bits per heavy atom. The Labute approximate surface area is 186 Å². The normalized spacial score (nSPS) is 12.2. The Kier molecular flexibility index (Phi) is 9.65. The number of aliphatic imine (C=N–C) groups is 1. The Morgan fingerprint density at radius 2 is 1.63 bits per heavy atom. The molecule has 0 radical (unpaired) electrons. The van der Waals surface area contributed by atoms with Crippen molar-refractivity contribution in [3.63, 3.8) is 0 Å². The number of rotatable bonds is 6.